The Kier molecular flexibility index (Phi) is 7.28. The summed E-state index contributed by atoms with van der Waals surface area (Å²) in [4.78, 5) is 28.2. The van der Waals surface area contributed by atoms with Crippen LogP contribution in [-0.4, -0.2) is 67.4 Å². The zero-order chi connectivity index (χ0) is 27.9. The first-order valence-corrected chi connectivity index (χ1v) is 13.8. The molecule has 1 unspecified atom stereocenters. The summed E-state index contributed by atoms with van der Waals surface area (Å²) >= 11 is 0. The van der Waals surface area contributed by atoms with Crippen LogP contribution in [0, 0.1) is 5.82 Å². The Balaban J connectivity index is 1.82. The minimum absolute atomic E-state index is 0.0220. The fourth-order valence-corrected chi connectivity index (χ4v) is 6.17. The highest BCUT2D eigenvalue weighted by molar-refractivity contribution is 7.90. The molecule has 0 radical (unpaired) electrons. The Morgan fingerprint density at radius 1 is 0.921 bits per heavy atom. The smallest absolute Gasteiger partial charge is 0.299 e. The van der Waals surface area contributed by atoms with Gasteiger partial charge < -0.3 is 10.2 Å². The Morgan fingerprint density at radius 3 is 1.92 bits per heavy atom. The van der Waals surface area contributed by atoms with E-state index in [-0.39, 0.29) is 23.2 Å². The van der Waals surface area contributed by atoms with Gasteiger partial charge in [-0.05, 0) is 30.7 Å². The predicted molar refractivity (Wildman–Crippen MR) is 141 cm³/mol. The molecule has 0 saturated heterocycles. The second-order valence-corrected chi connectivity index (χ2v) is 12.1. The molecule has 2 bridgehead atoms. The molecule has 10 heteroatoms. The molecule has 2 atom stereocenters. The predicted octanol–water partition coefficient (Wildman–Crippen LogP) is 3.05. The molecular formula is C28H30FN2O6S+. The molecule has 38 heavy (non-hydrogen) atoms. The Hall–Kier alpha value is -3.44. The molecule has 3 aromatic carbocycles. The molecule has 4 rings (SSSR count). The van der Waals surface area contributed by atoms with Crippen LogP contribution in [0.1, 0.15) is 44.8 Å². The van der Waals surface area contributed by atoms with Crippen molar-refractivity contribution in [2.75, 3.05) is 26.5 Å². The van der Waals surface area contributed by atoms with Crippen LogP contribution in [0.4, 0.5) is 10.1 Å². The van der Waals surface area contributed by atoms with Crippen molar-refractivity contribution in [2.24, 2.45) is 0 Å². The molecule has 3 aromatic rings. The molecule has 0 aromatic heterocycles. The first-order chi connectivity index (χ1) is 17.9. The van der Waals surface area contributed by atoms with Crippen molar-refractivity contribution in [3.8, 4) is 0 Å². The number of aliphatic hydroxyl groups is 2. The van der Waals surface area contributed by atoms with Crippen molar-refractivity contribution >= 4 is 27.5 Å². The van der Waals surface area contributed by atoms with E-state index in [1.165, 1.54) is 49.5 Å². The topological polar surface area (TPSA) is 112 Å². The lowest BCUT2D eigenvalue weighted by Crippen LogP contribution is -2.62. The van der Waals surface area contributed by atoms with Crippen LogP contribution < -0.4 is 3.89 Å². The average Bonchev–Trinajstić information content (AvgIpc) is 2.90. The number of halogens is 1. The number of sulfonamides is 1. The summed E-state index contributed by atoms with van der Waals surface area (Å²) in [6.07, 6.45) is 1.08. The number of carbonyl (C=O) groups is 2. The fourth-order valence-electron chi connectivity index (χ4n) is 4.98. The second kappa shape index (κ2) is 10.0. The van der Waals surface area contributed by atoms with Gasteiger partial charge >= 0.3 is 0 Å². The number of imide groups is 1. The van der Waals surface area contributed by atoms with Gasteiger partial charge in [0.05, 0.1) is 26.5 Å². The first kappa shape index (κ1) is 27.6. The number of nitrogens with zero attached hydrogens (tertiary/aromatic N) is 2. The molecular weight excluding hydrogens is 511 g/mol. The number of fused-ring (bicyclic) bond motifs is 2. The number of hydrogen-bond acceptors (Lipinski definition) is 6. The van der Waals surface area contributed by atoms with Crippen molar-refractivity contribution in [2.45, 2.75) is 24.9 Å². The highest BCUT2D eigenvalue weighted by Gasteiger charge is 2.49. The van der Waals surface area contributed by atoms with Gasteiger partial charge in [0.2, 0.25) is 0 Å². The minimum Gasteiger partial charge on any atom is -0.394 e. The second-order valence-electron chi connectivity index (χ2n) is 9.87. The molecule has 0 spiro atoms. The van der Waals surface area contributed by atoms with Crippen LogP contribution in [0.3, 0.4) is 0 Å². The van der Waals surface area contributed by atoms with E-state index in [2.05, 4.69) is 0 Å². The van der Waals surface area contributed by atoms with Crippen molar-refractivity contribution in [1.82, 2.24) is 8.79 Å². The molecule has 2 amide bonds. The monoisotopic (exact) mass is 541 g/mol. The van der Waals surface area contributed by atoms with E-state index < -0.39 is 56.3 Å². The summed E-state index contributed by atoms with van der Waals surface area (Å²) in [6.45, 7) is 0.322. The lowest BCUT2D eigenvalue weighted by Gasteiger charge is -2.43. The maximum Gasteiger partial charge on any atom is 0.299 e. The highest BCUT2D eigenvalue weighted by atomic mass is 32.2. The molecule has 2 N–H and O–H groups in total. The van der Waals surface area contributed by atoms with E-state index in [0.29, 0.717) is 11.1 Å². The van der Waals surface area contributed by atoms with Crippen LogP contribution in [-0.2, 0) is 16.4 Å². The number of hydrogen-bond donors (Lipinski definition) is 2. The van der Waals surface area contributed by atoms with Gasteiger partial charge in [-0.15, -0.1) is 0 Å². The zero-order valence-electron chi connectivity index (χ0n) is 21.3. The van der Waals surface area contributed by atoms with Crippen LogP contribution >= 0.6 is 0 Å². The van der Waals surface area contributed by atoms with Crippen LogP contribution in [0.25, 0.3) is 0 Å². The van der Waals surface area contributed by atoms with E-state index in [4.69, 9.17) is 0 Å². The van der Waals surface area contributed by atoms with E-state index >= 15 is 0 Å². The highest BCUT2D eigenvalue weighted by Crippen LogP contribution is 2.40. The summed E-state index contributed by atoms with van der Waals surface area (Å²) in [7, 11) is -2.43. The largest absolute Gasteiger partial charge is 0.394 e. The summed E-state index contributed by atoms with van der Waals surface area (Å²) in [5, 5.41) is 20.7. The standard InChI is InChI=1S/C28H30FN2O6S/c1-19(21-9-11-24(29)12-10-21)31(2,38(3,36)37)25-14-22-13-23(15-25)27(35)30(26(22)34)28(17-32,18-33)16-20-7-5-4-6-8-20/h4-15,19,32-33H,16-18H2,1-3H3/q+1/t19-,31?/m1/s1. The normalized spacial score (nSPS) is 16.3. The van der Waals surface area contributed by atoms with Crippen LogP contribution in [0.5, 0.6) is 0 Å². The SMILES string of the molecule is C[C@H](c1ccc(F)cc1)[N+](C)(c1cc2cc(c1)C(=O)N(C(CO)(CO)Cc1ccccc1)C2=O)S(C)(=O)=O. The van der Waals surface area contributed by atoms with Gasteiger partial charge in [-0.2, -0.15) is 12.3 Å². The van der Waals surface area contributed by atoms with Crippen molar-refractivity contribution in [3.63, 3.8) is 0 Å². The third-order valence-corrected chi connectivity index (χ3v) is 9.45. The maximum absolute atomic E-state index is 13.6. The van der Waals surface area contributed by atoms with E-state index in [1.807, 2.05) is 0 Å². The Labute approximate surface area is 221 Å². The lowest BCUT2D eigenvalue weighted by atomic mass is 9.87. The molecule has 200 valence electrons. The van der Waals surface area contributed by atoms with Gasteiger partial charge in [0, 0.05) is 35.2 Å². The third kappa shape index (κ3) is 4.54. The molecule has 8 nitrogen and oxygen atoms in total. The number of rotatable bonds is 9. The van der Waals surface area contributed by atoms with Gasteiger partial charge in [0.15, 0.2) is 0 Å². The zero-order valence-corrected chi connectivity index (χ0v) is 22.2. The average molecular weight is 542 g/mol. The first-order valence-electron chi connectivity index (χ1n) is 12.0. The van der Waals surface area contributed by atoms with Gasteiger partial charge in [0.25, 0.3) is 21.8 Å². The van der Waals surface area contributed by atoms with Gasteiger partial charge in [-0.25, -0.2) is 4.39 Å². The van der Waals surface area contributed by atoms with Crippen molar-refractivity contribution in [3.05, 3.63) is 101 Å². The van der Waals surface area contributed by atoms with E-state index in [1.54, 1.807) is 37.3 Å². The number of aliphatic hydroxyl groups excluding tert-OH is 2. The number of amides is 2. The van der Waals surface area contributed by atoms with Crippen LogP contribution in [0.2, 0.25) is 0 Å². The molecule has 0 aliphatic carbocycles. The minimum atomic E-state index is -3.89. The Bertz CT molecular complexity index is 1440. The molecule has 1 aliphatic heterocycles. The molecule has 1 heterocycles. The third-order valence-electron chi connectivity index (χ3n) is 7.55. The summed E-state index contributed by atoms with van der Waals surface area (Å²) < 4.78 is 39.3. The van der Waals surface area contributed by atoms with Crippen LogP contribution in [0.15, 0.2) is 72.8 Å². The van der Waals surface area contributed by atoms with Gasteiger partial charge in [0.1, 0.15) is 23.1 Å². The number of quaternary nitrogens is 1. The quantitative estimate of drug-likeness (QED) is 0.318. The van der Waals surface area contributed by atoms with Gasteiger partial charge in [-0.1, -0.05) is 42.5 Å². The lowest BCUT2D eigenvalue weighted by molar-refractivity contribution is -0.00205. The fraction of sp³-hybridized carbons (Fsp3) is 0.286. The van der Waals surface area contributed by atoms with E-state index in [9.17, 15) is 32.6 Å². The summed E-state index contributed by atoms with van der Waals surface area (Å²) in [5.41, 5.74) is -0.0764. The van der Waals surface area contributed by atoms with E-state index in [0.717, 1.165) is 11.2 Å². The summed E-state index contributed by atoms with van der Waals surface area (Å²) in [6, 6.07) is 17.8. The maximum atomic E-state index is 13.6. The molecule has 0 fully saturated rings. The Morgan fingerprint density at radius 2 is 1.45 bits per heavy atom. The van der Waals surface area contributed by atoms with Crippen molar-refractivity contribution < 1.29 is 32.6 Å². The number of benzene rings is 3. The molecule has 0 saturated carbocycles. The van der Waals surface area contributed by atoms with Gasteiger partial charge in [-0.3, -0.25) is 14.5 Å². The van der Waals surface area contributed by atoms with Crippen molar-refractivity contribution in [1.29, 1.82) is 0 Å². The number of carbonyl (C=O) groups excluding carboxylic acids is 2. The summed E-state index contributed by atoms with van der Waals surface area (Å²) in [5.74, 6) is -1.97. The molecule has 1 aliphatic rings.